The third-order valence-corrected chi connectivity index (χ3v) is 2.82. The molecule has 0 aliphatic rings. The van der Waals surface area contributed by atoms with Crippen molar-refractivity contribution in [3.05, 3.63) is 5.82 Å². The van der Waals surface area contributed by atoms with Gasteiger partial charge in [0.2, 0.25) is 5.13 Å². The van der Waals surface area contributed by atoms with Crippen LogP contribution in [0.2, 0.25) is 0 Å². The summed E-state index contributed by atoms with van der Waals surface area (Å²) in [4.78, 5) is 4.38. The van der Waals surface area contributed by atoms with Gasteiger partial charge in [-0.1, -0.05) is 27.2 Å². The van der Waals surface area contributed by atoms with Gasteiger partial charge in [-0.25, -0.2) is 4.98 Å². The maximum Gasteiger partial charge on any atom is 0.202 e. The van der Waals surface area contributed by atoms with E-state index in [1.807, 2.05) is 0 Å². The fourth-order valence-electron chi connectivity index (χ4n) is 1.23. The summed E-state index contributed by atoms with van der Waals surface area (Å²) in [5.41, 5.74) is 5.89. The predicted octanol–water partition coefficient (Wildman–Crippen LogP) is 2.20. The van der Waals surface area contributed by atoms with E-state index in [0.717, 1.165) is 30.3 Å². The van der Waals surface area contributed by atoms with E-state index in [1.54, 1.807) is 0 Å². The molecule has 0 bridgehead atoms. The van der Waals surface area contributed by atoms with Crippen LogP contribution in [0.15, 0.2) is 0 Å². The molecule has 0 spiro atoms. The Hall–Kier alpha value is -0.680. The lowest BCUT2D eigenvalue weighted by Crippen LogP contribution is -2.28. The van der Waals surface area contributed by atoms with E-state index in [1.165, 1.54) is 11.5 Å². The van der Waals surface area contributed by atoms with E-state index in [2.05, 4.69) is 35.4 Å². The molecule has 0 aliphatic carbocycles. The van der Waals surface area contributed by atoms with Gasteiger partial charge in [0.05, 0.1) is 0 Å². The Morgan fingerprint density at radius 3 is 2.73 bits per heavy atom. The van der Waals surface area contributed by atoms with Crippen LogP contribution in [0.25, 0.3) is 0 Å². The predicted molar refractivity (Wildman–Crippen MR) is 65.4 cm³/mol. The summed E-state index contributed by atoms with van der Waals surface area (Å²) < 4.78 is 4.27. The van der Waals surface area contributed by atoms with Gasteiger partial charge in [-0.15, -0.1) is 0 Å². The zero-order valence-electron chi connectivity index (χ0n) is 9.66. The monoisotopic (exact) mass is 228 g/mol. The van der Waals surface area contributed by atoms with Gasteiger partial charge in [-0.05, 0) is 6.42 Å². The second-order valence-corrected chi connectivity index (χ2v) is 4.79. The fourth-order valence-corrected chi connectivity index (χ4v) is 1.95. The van der Waals surface area contributed by atoms with Crippen molar-refractivity contribution in [1.29, 1.82) is 0 Å². The summed E-state index contributed by atoms with van der Waals surface area (Å²) in [6, 6.07) is 0.210. The van der Waals surface area contributed by atoms with Crippen molar-refractivity contribution < 1.29 is 0 Å². The summed E-state index contributed by atoms with van der Waals surface area (Å²) in [7, 11) is 0. The molecule has 0 aliphatic heterocycles. The summed E-state index contributed by atoms with van der Waals surface area (Å²) in [5.74, 6) is 1.30. The molecule has 0 aromatic carbocycles. The van der Waals surface area contributed by atoms with Gasteiger partial charge < -0.3 is 11.1 Å². The molecule has 1 unspecified atom stereocenters. The normalized spacial score (nSPS) is 13.1. The Kier molecular flexibility index (Phi) is 4.98. The Balaban J connectivity index is 2.37. The minimum atomic E-state index is 0.210. The van der Waals surface area contributed by atoms with Crippen molar-refractivity contribution in [3.8, 4) is 0 Å². The van der Waals surface area contributed by atoms with Crippen molar-refractivity contribution in [2.45, 2.75) is 45.6 Å². The molecule has 5 heteroatoms. The highest BCUT2D eigenvalue weighted by atomic mass is 32.1. The zero-order chi connectivity index (χ0) is 11.3. The van der Waals surface area contributed by atoms with Gasteiger partial charge >= 0.3 is 0 Å². The molecule has 1 rings (SSSR count). The van der Waals surface area contributed by atoms with Crippen LogP contribution in [0.5, 0.6) is 0 Å². The number of hydrogen-bond donors (Lipinski definition) is 2. The largest absolute Gasteiger partial charge is 0.359 e. The fraction of sp³-hybridized carbons (Fsp3) is 0.800. The van der Waals surface area contributed by atoms with Crippen molar-refractivity contribution in [2.24, 2.45) is 5.73 Å². The van der Waals surface area contributed by atoms with Crippen LogP contribution in [0.1, 0.15) is 45.4 Å². The number of hydrogen-bond acceptors (Lipinski definition) is 5. The highest BCUT2D eigenvalue weighted by Crippen LogP contribution is 2.17. The van der Waals surface area contributed by atoms with Gasteiger partial charge in [-0.2, -0.15) is 4.37 Å². The van der Waals surface area contributed by atoms with Crippen LogP contribution in [0.3, 0.4) is 0 Å². The Morgan fingerprint density at radius 2 is 2.20 bits per heavy atom. The van der Waals surface area contributed by atoms with Gasteiger partial charge in [0.1, 0.15) is 5.82 Å². The van der Waals surface area contributed by atoms with Crippen molar-refractivity contribution >= 4 is 16.7 Å². The molecule has 4 nitrogen and oxygen atoms in total. The average molecular weight is 228 g/mol. The van der Waals surface area contributed by atoms with Crippen LogP contribution in [-0.2, 0) is 0 Å². The lowest BCUT2D eigenvalue weighted by Gasteiger charge is -2.09. The van der Waals surface area contributed by atoms with Gasteiger partial charge in [0, 0.05) is 30.0 Å². The van der Waals surface area contributed by atoms with Crippen LogP contribution in [-0.4, -0.2) is 21.9 Å². The van der Waals surface area contributed by atoms with E-state index in [9.17, 15) is 0 Å². The molecule has 3 N–H and O–H groups in total. The molecule has 0 saturated carbocycles. The first kappa shape index (κ1) is 12.4. The molecular weight excluding hydrogens is 208 g/mol. The van der Waals surface area contributed by atoms with Crippen LogP contribution >= 0.6 is 11.5 Å². The second kappa shape index (κ2) is 6.02. The minimum Gasteiger partial charge on any atom is -0.359 e. The highest BCUT2D eigenvalue weighted by molar-refractivity contribution is 7.09. The smallest absolute Gasteiger partial charge is 0.202 e. The van der Waals surface area contributed by atoms with E-state index < -0.39 is 0 Å². The topological polar surface area (TPSA) is 63.8 Å². The molecular formula is C10H20N4S. The van der Waals surface area contributed by atoms with Gasteiger partial charge in [0.15, 0.2) is 0 Å². The number of rotatable bonds is 6. The Morgan fingerprint density at radius 1 is 1.47 bits per heavy atom. The number of nitrogens with zero attached hydrogens (tertiary/aromatic N) is 2. The van der Waals surface area contributed by atoms with E-state index in [0.29, 0.717) is 5.92 Å². The quantitative estimate of drug-likeness (QED) is 0.783. The lowest BCUT2D eigenvalue weighted by molar-refractivity contribution is 0.626. The molecule has 1 aromatic heterocycles. The minimum absolute atomic E-state index is 0.210. The Bertz CT molecular complexity index is 285. The summed E-state index contributed by atoms with van der Waals surface area (Å²) in [6.07, 6.45) is 2.17. The van der Waals surface area contributed by atoms with Crippen molar-refractivity contribution in [1.82, 2.24) is 9.36 Å². The summed E-state index contributed by atoms with van der Waals surface area (Å²) in [5, 5.41) is 4.10. The molecule has 0 amide bonds. The molecule has 1 aromatic rings. The average Bonchev–Trinajstić information content (AvgIpc) is 2.63. The molecule has 0 saturated heterocycles. The SMILES string of the molecule is CCCC(N)CNc1nc(C(C)C)ns1. The number of nitrogens with two attached hydrogens (primary N) is 1. The number of aromatic nitrogens is 2. The first-order chi connectivity index (χ1) is 7.13. The first-order valence-corrected chi connectivity index (χ1v) is 6.23. The van der Waals surface area contributed by atoms with E-state index >= 15 is 0 Å². The second-order valence-electron chi connectivity index (χ2n) is 4.04. The summed E-state index contributed by atoms with van der Waals surface area (Å²) in [6.45, 7) is 7.10. The van der Waals surface area contributed by atoms with Crippen molar-refractivity contribution in [3.63, 3.8) is 0 Å². The zero-order valence-corrected chi connectivity index (χ0v) is 10.5. The van der Waals surface area contributed by atoms with Crippen LogP contribution < -0.4 is 11.1 Å². The molecule has 15 heavy (non-hydrogen) atoms. The third-order valence-electron chi connectivity index (χ3n) is 2.13. The molecule has 86 valence electrons. The summed E-state index contributed by atoms with van der Waals surface area (Å²) >= 11 is 1.41. The molecule has 0 fully saturated rings. The van der Waals surface area contributed by atoms with Crippen LogP contribution in [0.4, 0.5) is 5.13 Å². The lowest BCUT2D eigenvalue weighted by atomic mass is 10.2. The maximum atomic E-state index is 5.89. The van der Waals surface area contributed by atoms with Gasteiger partial charge in [0.25, 0.3) is 0 Å². The highest BCUT2D eigenvalue weighted by Gasteiger charge is 2.08. The molecule has 0 radical (unpaired) electrons. The van der Waals surface area contributed by atoms with Crippen molar-refractivity contribution in [2.75, 3.05) is 11.9 Å². The Labute approximate surface area is 95.5 Å². The maximum absolute atomic E-state index is 5.89. The molecule has 1 atom stereocenters. The number of anilines is 1. The van der Waals surface area contributed by atoms with E-state index in [4.69, 9.17) is 5.73 Å². The van der Waals surface area contributed by atoms with Crippen LogP contribution in [0, 0.1) is 0 Å². The first-order valence-electron chi connectivity index (χ1n) is 5.46. The van der Waals surface area contributed by atoms with E-state index in [-0.39, 0.29) is 6.04 Å². The third kappa shape index (κ3) is 4.13. The molecule has 1 heterocycles. The van der Waals surface area contributed by atoms with Gasteiger partial charge in [-0.3, -0.25) is 0 Å². The number of nitrogens with one attached hydrogen (secondary N) is 1. The standard InChI is InChI=1S/C10H20N4S/c1-4-5-8(11)6-12-10-13-9(7(2)3)14-15-10/h7-8H,4-6,11H2,1-3H3,(H,12,13,14).